The lowest BCUT2D eigenvalue weighted by molar-refractivity contribution is 0.0949. The summed E-state index contributed by atoms with van der Waals surface area (Å²) < 4.78 is 0.663. The lowest BCUT2D eigenvalue weighted by atomic mass is 10.3. The van der Waals surface area contributed by atoms with Gasteiger partial charge in [-0.1, -0.05) is 11.6 Å². The first-order valence-electron chi connectivity index (χ1n) is 4.91. The van der Waals surface area contributed by atoms with Crippen molar-refractivity contribution in [1.82, 2.24) is 4.90 Å². The summed E-state index contributed by atoms with van der Waals surface area (Å²) in [6.45, 7) is 2.21. The quantitative estimate of drug-likeness (QED) is 0.822. The van der Waals surface area contributed by atoms with Gasteiger partial charge in [-0.15, -0.1) is 11.3 Å². The standard InChI is InChI=1S/C10H13ClN2OS/c11-10-2-1-9(15-10)8(14)6-13-4-3-7(12)5-13/h1-2,7H,3-6,12H2. The topological polar surface area (TPSA) is 46.3 Å². The van der Waals surface area contributed by atoms with E-state index in [1.807, 2.05) is 0 Å². The first-order valence-corrected chi connectivity index (χ1v) is 6.11. The Bertz CT molecular complexity index is 366. The van der Waals surface area contributed by atoms with Gasteiger partial charge in [0.25, 0.3) is 0 Å². The Kier molecular flexibility index (Phi) is 3.41. The zero-order valence-electron chi connectivity index (χ0n) is 8.28. The highest BCUT2D eigenvalue weighted by molar-refractivity contribution is 7.18. The number of carbonyl (C=O) groups is 1. The van der Waals surface area contributed by atoms with Crippen LogP contribution in [0, 0.1) is 0 Å². The van der Waals surface area contributed by atoms with Crippen LogP contribution in [0.25, 0.3) is 0 Å². The van der Waals surface area contributed by atoms with Gasteiger partial charge in [0.15, 0.2) is 5.78 Å². The number of hydrogen-bond acceptors (Lipinski definition) is 4. The van der Waals surface area contributed by atoms with Crippen LogP contribution in [0.3, 0.4) is 0 Å². The van der Waals surface area contributed by atoms with Crippen molar-refractivity contribution in [1.29, 1.82) is 0 Å². The number of rotatable bonds is 3. The molecule has 2 heterocycles. The number of ketones is 1. The van der Waals surface area contributed by atoms with Gasteiger partial charge in [-0.25, -0.2) is 0 Å². The number of hydrogen-bond donors (Lipinski definition) is 1. The summed E-state index contributed by atoms with van der Waals surface area (Å²) in [6.07, 6.45) is 0.985. The van der Waals surface area contributed by atoms with Crippen LogP contribution in [0.15, 0.2) is 12.1 Å². The van der Waals surface area contributed by atoms with E-state index in [1.54, 1.807) is 12.1 Å². The van der Waals surface area contributed by atoms with E-state index in [0.717, 1.165) is 24.4 Å². The molecule has 2 N–H and O–H groups in total. The monoisotopic (exact) mass is 244 g/mol. The van der Waals surface area contributed by atoms with Gasteiger partial charge in [-0.3, -0.25) is 9.69 Å². The van der Waals surface area contributed by atoms with E-state index < -0.39 is 0 Å². The van der Waals surface area contributed by atoms with Gasteiger partial charge in [-0.05, 0) is 18.6 Å². The van der Waals surface area contributed by atoms with E-state index >= 15 is 0 Å². The molecule has 82 valence electrons. The predicted molar refractivity (Wildman–Crippen MR) is 62.7 cm³/mol. The Morgan fingerprint density at radius 3 is 3.00 bits per heavy atom. The predicted octanol–water partition coefficient (Wildman–Crippen LogP) is 1.62. The zero-order valence-corrected chi connectivity index (χ0v) is 9.85. The van der Waals surface area contributed by atoms with E-state index in [9.17, 15) is 4.79 Å². The second kappa shape index (κ2) is 4.61. The molecule has 2 rings (SSSR count). The Morgan fingerprint density at radius 1 is 1.67 bits per heavy atom. The molecule has 15 heavy (non-hydrogen) atoms. The summed E-state index contributed by atoms with van der Waals surface area (Å²) in [4.78, 5) is 14.6. The van der Waals surface area contributed by atoms with Crippen molar-refractivity contribution in [3.05, 3.63) is 21.3 Å². The van der Waals surface area contributed by atoms with Crippen molar-refractivity contribution in [3.8, 4) is 0 Å². The zero-order chi connectivity index (χ0) is 10.8. The van der Waals surface area contributed by atoms with Gasteiger partial charge in [0.2, 0.25) is 0 Å². The van der Waals surface area contributed by atoms with Gasteiger partial charge in [0.05, 0.1) is 15.8 Å². The lowest BCUT2D eigenvalue weighted by Gasteiger charge is -2.12. The summed E-state index contributed by atoms with van der Waals surface area (Å²) in [6, 6.07) is 3.77. The van der Waals surface area contributed by atoms with Gasteiger partial charge in [0.1, 0.15) is 0 Å². The van der Waals surface area contributed by atoms with Crippen molar-refractivity contribution in [2.45, 2.75) is 12.5 Å². The maximum Gasteiger partial charge on any atom is 0.186 e. The van der Waals surface area contributed by atoms with E-state index in [2.05, 4.69) is 4.90 Å². The molecule has 0 aromatic carbocycles. The van der Waals surface area contributed by atoms with Gasteiger partial charge < -0.3 is 5.73 Å². The van der Waals surface area contributed by atoms with Crippen LogP contribution in [-0.4, -0.2) is 36.4 Å². The third kappa shape index (κ3) is 2.78. The summed E-state index contributed by atoms with van der Waals surface area (Å²) >= 11 is 7.11. The number of thiophene rings is 1. The number of nitrogens with two attached hydrogens (primary N) is 1. The molecule has 1 aromatic heterocycles. The molecule has 1 atom stereocenters. The highest BCUT2D eigenvalue weighted by atomic mass is 35.5. The first-order chi connectivity index (χ1) is 7.15. The number of halogens is 1. The molecule has 0 spiro atoms. The van der Waals surface area contributed by atoms with Crippen molar-refractivity contribution in [2.24, 2.45) is 5.73 Å². The summed E-state index contributed by atoms with van der Waals surface area (Å²) in [5.74, 6) is 0.140. The Labute approximate surface area is 97.8 Å². The molecule has 1 saturated heterocycles. The highest BCUT2D eigenvalue weighted by Gasteiger charge is 2.21. The van der Waals surface area contributed by atoms with Gasteiger partial charge in [-0.2, -0.15) is 0 Å². The van der Waals surface area contributed by atoms with Crippen LogP contribution in [0.2, 0.25) is 4.34 Å². The molecule has 1 aromatic rings. The molecule has 0 radical (unpaired) electrons. The van der Waals surface area contributed by atoms with Crippen LogP contribution in [0.1, 0.15) is 16.1 Å². The van der Waals surface area contributed by atoms with Crippen LogP contribution in [-0.2, 0) is 0 Å². The molecule has 1 aliphatic heterocycles. The fraction of sp³-hybridized carbons (Fsp3) is 0.500. The molecule has 3 nitrogen and oxygen atoms in total. The van der Waals surface area contributed by atoms with Crippen molar-refractivity contribution >= 4 is 28.7 Å². The minimum Gasteiger partial charge on any atom is -0.326 e. The minimum atomic E-state index is 0.140. The number of likely N-dealkylation sites (tertiary alicyclic amines) is 1. The van der Waals surface area contributed by atoms with E-state index in [1.165, 1.54) is 11.3 Å². The molecule has 0 amide bonds. The first kappa shape index (κ1) is 11.1. The van der Waals surface area contributed by atoms with Crippen LogP contribution in [0.4, 0.5) is 0 Å². The fourth-order valence-corrected chi connectivity index (χ4v) is 2.72. The fourth-order valence-electron chi connectivity index (χ4n) is 1.75. The minimum absolute atomic E-state index is 0.140. The van der Waals surface area contributed by atoms with Crippen molar-refractivity contribution in [3.63, 3.8) is 0 Å². The number of carbonyl (C=O) groups excluding carboxylic acids is 1. The molecule has 0 aliphatic carbocycles. The third-order valence-corrected chi connectivity index (χ3v) is 3.80. The number of Topliss-reactive ketones (excluding diaryl/α,β-unsaturated/α-hetero) is 1. The maximum atomic E-state index is 11.8. The smallest absolute Gasteiger partial charge is 0.186 e. The average molecular weight is 245 g/mol. The second-order valence-corrected chi connectivity index (χ2v) is 5.53. The van der Waals surface area contributed by atoms with E-state index in [-0.39, 0.29) is 11.8 Å². The van der Waals surface area contributed by atoms with E-state index in [4.69, 9.17) is 17.3 Å². The van der Waals surface area contributed by atoms with E-state index in [0.29, 0.717) is 10.9 Å². The van der Waals surface area contributed by atoms with Crippen molar-refractivity contribution < 1.29 is 4.79 Å². The highest BCUT2D eigenvalue weighted by Crippen LogP contribution is 2.22. The molecule has 0 saturated carbocycles. The summed E-state index contributed by atoms with van der Waals surface area (Å²) in [7, 11) is 0. The molecule has 1 aliphatic rings. The third-order valence-electron chi connectivity index (χ3n) is 2.52. The Balaban J connectivity index is 1.92. The lowest BCUT2D eigenvalue weighted by Crippen LogP contribution is -2.30. The molecular weight excluding hydrogens is 232 g/mol. The summed E-state index contributed by atoms with van der Waals surface area (Å²) in [5.41, 5.74) is 5.77. The van der Waals surface area contributed by atoms with Crippen LogP contribution in [0.5, 0.6) is 0 Å². The second-order valence-electron chi connectivity index (χ2n) is 3.81. The van der Waals surface area contributed by atoms with Crippen LogP contribution >= 0.6 is 22.9 Å². The molecule has 1 fully saturated rings. The van der Waals surface area contributed by atoms with Gasteiger partial charge in [0, 0.05) is 19.1 Å². The molecule has 5 heteroatoms. The molecular formula is C10H13ClN2OS. The van der Waals surface area contributed by atoms with Crippen LogP contribution < -0.4 is 5.73 Å². The number of nitrogens with zero attached hydrogens (tertiary/aromatic N) is 1. The SMILES string of the molecule is NC1CCN(CC(=O)c2ccc(Cl)s2)C1. The Morgan fingerprint density at radius 2 is 2.47 bits per heavy atom. The summed E-state index contributed by atoms with van der Waals surface area (Å²) in [5, 5.41) is 0. The average Bonchev–Trinajstić information content (AvgIpc) is 2.75. The molecule has 1 unspecified atom stereocenters. The molecule has 0 bridgehead atoms. The Hall–Kier alpha value is -0.420. The van der Waals surface area contributed by atoms with Gasteiger partial charge >= 0.3 is 0 Å². The maximum absolute atomic E-state index is 11.8. The normalized spacial score (nSPS) is 22.1. The van der Waals surface area contributed by atoms with Crippen molar-refractivity contribution in [2.75, 3.05) is 19.6 Å². The largest absolute Gasteiger partial charge is 0.326 e.